The minimum atomic E-state index is 0.826. The van der Waals surface area contributed by atoms with E-state index in [2.05, 4.69) is 57.2 Å². The number of halogens is 1. The molecule has 0 saturated carbocycles. The zero-order valence-electron chi connectivity index (χ0n) is 14.4. The number of benzene rings is 1. The zero-order chi connectivity index (χ0) is 16.2. The summed E-state index contributed by atoms with van der Waals surface area (Å²) in [6.45, 7) is 9.74. The first-order valence-corrected chi connectivity index (χ1v) is 10.7. The van der Waals surface area contributed by atoms with Crippen LogP contribution in [-0.2, 0) is 6.42 Å². The third-order valence-corrected chi connectivity index (χ3v) is 7.09. The number of nitrogens with zero attached hydrogens (tertiary/aromatic N) is 2. The Morgan fingerprint density at radius 3 is 2.43 bits per heavy atom. The molecule has 2 heterocycles. The van der Waals surface area contributed by atoms with Gasteiger partial charge in [-0.05, 0) is 80.8 Å². The van der Waals surface area contributed by atoms with Gasteiger partial charge < -0.3 is 4.90 Å². The minimum Gasteiger partial charge on any atom is -0.300 e. The van der Waals surface area contributed by atoms with Gasteiger partial charge in [0.1, 0.15) is 0 Å². The maximum atomic E-state index is 3.62. The molecular formula is C19H29BrN2S. The van der Waals surface area contributed by atoms with Gasteiger partial charge in [0.05, 0.1) is 0 Å². The molecule has 2 aliphatic heterocycles. The first-order valence-electron chi connectivity index (χ1n) is 9.11. The van der Waals surface area contributed by atoms with Crippen LogP contribution >= 0.6 is 27.9 Å². The summed E-state index contributed by atoms with van der Waals surface area (Å²) in [7, 11) is 0. The molecule has 23 heavy (non-hydrogen) atoms. The van der Waals surface area contributed by atoms with Crippen molar-refractivity contribution in [3.8, 4) is 0 Å². The van der Waals surface area contributed by atoms with Crippen LogP contribution in [-0.4, -0.2) is 41.4 Å². The molecule has 1 aromatic rings. The Hall–Kier alpha value is -0.0300. The van der Waals surface area contributed by atoms with Crippen molar-refractivity contribution < 1.29 is 0 Å². The smallest absolute Gasteiger partial charge is 0.0273 e. The van der Waals surface area contributed by atoms with Gasteiger partial charge in [-0.2, -0.15) is 0 Å². The van der Waals surface area contributed by atoms with Gasteiger partial charge in [-0.15, -0.1) is 0 Å². The SMILES string of the molecule is CCc1ccc(Br)cc1SN1CCC(N2CCC(C)CC2)CC1. The highest BCUT2D eigenvalue weighted by Crippen LogP contribution is 2.33. The molecule has 2 aliphatic rings. The predicted octanol–water partition coefficient (Wildman–Crippen LogP) is 5.21. The highest BCUT2D eigenvalue weighted by Gasteiger charge is 2.27. The lowest BCUT2D eigenvalue weighted by Crippen LogP contribution is -2.46. The van der Waals surface area contributed by atoms with Gasteiger partial charge >= 0.3 is 0 Å². The van der Waals surface area contributed by atoms with Gasteiger partial charge in [-0.3, -0.25) is 0 Å². The molecule has 128 valence electrons. The Morgan fingerprint density at radius 2 is 1.78 bits per heavy atom. The van der Waals surface area contributed by atoms with Crippen LogP contribution in [0.25, 0.3) is 0 Å². The van der Waals surface area contributed by atoms with Gasteiger partial charge in [0, 0.05) is 28.5 Å². The summed E-state index contributed by atoms with van der Waals surface area (Å²) in [5.41, 5.74) is 1.46. The lowest BCUT2D eigenvalue weighted by atomic mass is 9.95. The second-order valence-corrected chi connectivity index (χ2v) is 9.13. The van der Waals surface area contributed by atoms with Crippen LogP contribution in [0.15, 0.2) is 27.6 Å². The van der Waals surface area contributed by atoms with E-state index in [9.17, 15) is 0 Å². The second-order valence-electron chi connectivity index (χ2n) is 7.08. The van der Waals surface area contributed by atoms with Crippen LogP contribution in [0, 0.1) is 5.92 Å². The first kappa shape index (κ1) is 17.8. The average molecular weight is 397 g/mol. The summed E-state index contributed by atoms with van der Waals surface area (Å²) in [4.78, 5) is 4.19. The molecule has 0 aromatic heterocycles. The lowest BCUT2D eigenvalue weighted by molar-refractivity contribution is 0.103. The number of likely N-dealkylation sites (tertiary alicyclic amines) is 1. The molecule has 3 rings (SSSR count). The molecule has 2 nitrogen and oxygen atoms in total. The Kier molecular flexibility index (Phi) is 6.47. The first-order chi connectivity index (χ1) is 11.2. The Bertz CT molecular complexity index is 506. The van der Waals surface area contributed by atoms with E-state index in [-0.39, 0.29) is 0 Å². The monoisotopic (exact) mass is 396 g/mol. The van der Waals surface area contributed by atoms with E-state index in [1.165, 1.54) is 66.8 Å². The number of hydrogen-bond donors (Lipinski definition) is 0. The minimum absolute atomic E-state index is 0.826. The Balaban J connectivity index is 1.52. The van der Waals surface area contributed by atoms with E-state index >= 15 is 0 Å². The molecule has 0 N–H and O–H groups in total. The van der Waals surface area contributed by atoms with E-state index in [4.69, 9.17) is 0 Å². The Labute approximate surface area is 154 Å². The molecule has 0 atom stereocenters. The van der Waals surface area contributed by atoms with Crippen molar-refractivity contribution in [2.45, 2.75) is 56.9 Å². The van der Waals surface area contributed by atoms with Crippen molar-refractivity contribution in [1.82, 2.24) is 9.21 Å². The molecule has 2 saturated heterocycles. The average Bonchev–Trinajstić information content (AvgIpc) is 2.57. The third kappa shape index (κ3) is 4.75. The van der Waals surface area contributed by atoms with E-state index in [1.54, 1.807) is 0 Å². The summed E-state index contributed by atoms with van der Waals surface area (Å²) < 4.78 is 3.76. The van der Waals surface area contributed by atoms with Crippen molar-refractivity contribution in [1.29, 1.82) is 0 Å². The topological polar surface area (TPSA) is 6.48 Å². The zero-order valence-corrected chi connectivity index (χ0v) is 16.8. The van der Waals surface area contributed by atoms with Crippen molar-refractivity contribution >= 4 is 27.9 Å². The molecule has 0 radical (unpaired) electrons. The van der Waals surface area contributed by atoms with Gasteiger partial charge in [0.2, 0.25) is 0 Å². The van der Waals surface area contributed by atoms with Gasteiger partial charge in [0.15, 0.2) is 0 Å². The highest BCUT2D eigenvalue weighted by atomic mass is 79.9. The van der Waals surface area contributed by atoms with E-state index in [0.29, 0.717) is 0 Å². The molecule has 0 aliphatic carbocycles. The predicted molar refractivity (Wildman–Crippen MR) is 104 cm³/mol. The number of aryl methyl sites for hydroxylation is 1. The van der Waals surface area contributed by atoms with Crippen molar-refractivity contribution in [2.24, 2.45) is 5.92 Å². The standard InChI is InChI=1S/C19H29BrN2S/c1-3-16-4-5-17(20)14-19(16)23-22-12-8-18(9-13-22)21-10-6-15(2)7-11-21/h4-5,14-15,18H,3,6-13H2,1-2H3. The molecule has 2 fully saturated rings. The fraction of sp³-hybridized carbons (Fsp3) is 0.684. The molecular weight excluding hydrogens is 368 g/mol. The van der Waals surface area contributed by atoms with E-state index < -0.39 is 0 Å². The summed E-state index contributed by atoms with van der Waals surface area (Å²) in [5, 5.41) is 0. The summed E-state index contributed by atoms with van der Waals surface area (Å²) >= 11 is 5.58. The number of rotatable bonds is 4. The highest BCUT2D eigenvalue weighted by molar-refractivity contribution is 9.10. The van der Waals surface area contributed by atoms with Crippen molar-refractivity contribution in [2.75, 3.05) is 26.2 Å². The van der Waals surface area contributed by atoms with Gasteiger partial charge in [-0.25, -0.2) is 4.31 Å². The number of piperidine rings is 2. The molecule has 4 heteroatoms. The molecule has 0 amide bonds. The fourth-order valence-electron chi connectivity index (χ4n) is 3.74. The molecule has 1 aromatic carbocycles. The maximum absolute atomic E-state index is 3.62. The van der Waals surface area contributed by atoms with Crippen molar-refractivity contribution in [3.63, 3.8) is 0 Å². The summed E-state index contributed by atoms with van der Waals surface area (Å²) in [5.74, 6) is 0.936. The fourth-order valence-corrected chi connectivity index (χ4v) is 5.43. The maximum Gasteiger partial charge on any atom is 0.0273 e. The van der Waals surface area contributed by atoms with Crippen LogP contribution in [0.2, 0.25) is 0 Å². The van der Waals surface area contributed by atoms with Gasteiger partial charge in [0.25, 0.3) is 0 Å². The van der Waals surface area contributed by atoms with Crippen LogP contribution in [0.3, 0.4) is 0 Å². The summed E-state index contributed by atoms with van der Waals surface area (Å²) in [6, 6.07) is 7.52. The van der Waals surface area contributed by atoms with Crippen LogP contribution in [0.4, 0.5) is 0 Å². The normalized spacial score (nSPS) is 22.6. The van der Waals surface area contributed by atoms with E-state index in [1.807, 2.05) is 11.9 Å². The van der Waals surface area contributed by atoms with E-state index in [0.717, 1.165) is 18.4 Å². The summed E-state index contributed by atoms with van der Waals surface area (Å²) in [6.07, 6.45) is 6.56. The van der Waals surface area contributed by atoms with Crippen molar-refractivity contribution in [3.05, 3.63) is 28.2 Å². The molecule has 0 bridgehead atoms. The quantitative estimate of drug-likeness (QED) is 0.644. The Morgan fingerprint density at radius 1 is 1.09 bits per heavy atom. The third-order valence-electron chi connectivity index (χ3n) is 5.40. The van der Waals surface area contributed by atoms with Crippen LogP contribution in [0.1, 0.15) is 45.1 Å². The van der Waals surface area contributed by atoms with Crippen LogP contribution in [0.5, 0.6) is 0 Å². The largest absolute Gasteiger partial charge is 0.300 e. The molecule has 0 spiro atoms. The van der Waals surface area contributed by atoms with Crippen LogP contribution < -0.4 is 0 Å². The second kappa shape index (κ2) is 8.37. The molecule has 0 unspecified atom stereocenters. The lowest BCUT2D eigenvalue weighted by Gasteiger charge is -2.41. The van der Waals surface area contributed by atoms with Gasteiger partial charge in [-0.1, -0.05) is 35.8 Å². The number of hydrogen-bond acceptors (Lipinski definition) is 3.